The van der Waals surface area contributed by atoms with Crippen molar-refractivity contribution in [3.05, 3.63) is 29.8 Å². The van der Waals surface area contributed by atoms with Gasteiger partial charge in [0, 0.05) is 19.2 Å². The van der Waals surface area contributed by atoms with E-state index in [9.17, 15) is 24.0 Å². The van der Waals surface area contributed by atoms with Gasteiger partial charge in [0.2, 0.25) is 17.7 Å². The van der Waals surface area contributed by atoms with Crippen molar-refractivity contribution in [1.29, 1.82) is 0 Å². The number of benzene rings is 1. The number of rotatable bonds is 10. The number of nitrogens with zero attached hydrogens (tertiary/aromatic N) is 2. The molecule has 1 aliphatic rings. The Hall–Kier alpha value is -3.67. The van der Waals surface area contributed by atoms with Crippen molar-refractivity contribution in [2.45, 2.75) is 71.6 Å². The predicted molar refractivity (Wildman–Crippen MR) is 136 cm³/mol. The normalized spacial score (nSPS) is 16.6. The minimum Gasteiger partial charge on any atom is -0.399 e. The van der Waals surface area contributed by atoms with Gasteiger partial charge in [0.1, 0.15) is 18.1 Å². The highest BCUT2D eigenvalue weighted by molar-refractivity contribution is 5.94. The third-order valence-electron chi connectivity index (χ3n) is 5.91. The minimum absolute atomic E-state index is 0.0439. The third-order valence-corrected chi connectivity index (χ3v) is 5.91. The fourth-order valence-corrected chi connectivity index (χ4v) is 4.12. The Morgan fingerprint density at radius 2 is 1.76 bits per heavy atom. The number of carbonyl (C=O) groups is 5. The lowest BCUT2D eigenvalue weighted by atomic mass is 10.0. The number of carbonyl (C=O) groups excluding carboxylic acids is 5. The number of amides is 4. The molecule has 1 aromatic rings. The summed E-state index contributed by atoms with van der Waals surface area (Å²) in [7, 11) is 0. The lowest BCUT2D eigenvalue weighted by molar-refractivity contribution is -0.200. The summed E-state index contributed by atoms with van der Waals surface area (Å²) in [6.45, 7) is 6.62. The molecule has 12 nitrogen and oxygen atoms in total. The van der Waals surface area contributed by atoms with Crippen LogP contribution in [0.4, 0.5) is 5.69 Å². The Balaban J connectivity index is 2.10. The first-order chi connectivity index (χ1) is 17.4. The zero-order valence-corrected chi connectivity index (χ0v) is 21.9. The maximum absolute atomic E-state index is 13.1. The van der Waals surface area contributed by atoms with E-state index in [0.29, 0.717) is 37.1 Å². The van der Waals surface area contributed by atoms with Crippen molar-refractivity contribution in [2.75, 3.05) is 18.8 Å². The van der Waals surface area contributed by atoms with E-state index < -0.39 is 41.8 Å². The SMILES string of the molecule is CC(=O)ON(Cc1ccc(N)cc1)C(=O)[C@@H](C)NC(=O)[C@@H](CC(C)C)NC(=O)[C@@H]1CCCN1C(=O)CN. The van der Waals surface area contributed by atoms with Crippen LogP contribution >= 0.6 is 0 Å². The highest BCUT2D eigenvalue weighted by atomic mass is 16.7. The van der Waals surface area contributed by atoms with Gasteiger partial charge < -0.3 is 31.8 Å². The maximum Gasteiger partial charge on any atom is 0.329 e. The molecule has 0 aliphatic carbocycles. The van der Waals surface area contributed by atoms with Gasteiger partial charge in [0.05, 0.1) is 13.1 Å². The van der Waals surface area contributed by atoms with Gasteiger partial charge in [-0.25, -0.2) is 0 Å². The molecule has 6 N–H and O–H groups in total. The van der Waals surface area contributed by atoms with Gasteiger partial charge in [0.15, 0.2) is 0 Å². The summed E-state index contributed by atoms with van der Waals surface area (Å²) in [5.74, 6) is -2.62. The van der Waals surface area contributed by atoms with Gasteiger partial charge in [0.25, 0.3) is 5.91 Å². The Morgan fingerprint density at radius 3 is 2.32 bits per heavy atom. The maximum atomic E-state index is 13.1. The molecule has 0 unspecified atom stereocenters. The highest BCUT2D eigenvalue weighted by Gasteiger charge is 2.36. The lowest BCUT2D eigenvalue weighted by Crippen LogP contribution is -2.56. The number of nitrogens with one attached hydrogen (secondary N) is 2. The molecule has 37 heavy (non-hydrogen) atoms. The van der Waals surface area contributed by atoms with Crippen molar-refractivity contribution in [3.63, 3.8) is 0 Å². The van der Waals surface area contributed by atoms with Gasteiger partial charge in [-0.05, 0) is 49.8 Å². The molecule has 204 valence electrons. The summed E-state index contributed by atoms with van der Waals surface area (Å²) in [5.41, 5.74) is 12.4. The lowest BCUT2D eigenvalue weighted by Gasteiger charge is -2.28. The second-order valence-electron chi connectivity index (χ2n) is 9.57. The van der Waals surface area contributed by atoms with Gasteiger partial charge in [-0.1, -0.05) is 26.0 Å². The summed E-state index contributed by atoms with van der Waals surface area (Å²) in [4.78, 5) is 69.4. The molecule has 1 heterocycles. The first-order valence-electron chi connectivity index (χ1n) is 12.4. The molecule has 0 saturated carbocycles. The molecule has 1 fully saturated rings. The molecule has 1 aromatic carbocycles. The molecule has 0 aromatic heterocycles. The van der Waals surface area contributed by atoms with Crippen LogP contribution in [0.3, 0.4) is 0 Å². The summed E-state index contributed by atoms with van der Waals surface area (Å²) >= 11 is 0. The Labute approximate surface area is 217 Å². The van der Waals surface area contributed by atoms with E-state index in [-0.39, 0.29) is 24.9 Å². The predicted octanol–water partition coefficient (Wildman–Crippen LogP) is 0.0608. The second kappa shape index (κ2) is 13.6. The zero-order valence-electron chi connectivity index (χ0n) is 21.9. The molecule has 1 saturated heterocycles. The topological polar surface area (TPSA) is 177 Å². The largest absolute Gasteiger partial charge is 0.399 e. The number of hydrogen-bond acceptors (Lipinski definition) is 8. The first kappa shape index (κ1) is 29.6. The highest BCUT2D eigenvalue weighted by Crippen LogP contribution is 2.18. The molecule has 1 aliphatic heterocycles. The van der Waals surface area contributed by atoms with E-state index in [1.807, 2.05) is 13.8 Å². The van der Waals surface area contributed by atoms with Crippen LogP contribution in [0.2, 0.25) is 0 Å². The van der Waals surface area contributed by atoms with Crippen LogP contribution in [0.5, 0.6) is 0 Å². The Kier molecular flexibility index (Phi) is 10.9. The van der Waals surface area contributed by atoms with Crippen molar-refractivity contribution in [2.24, 2.45) is 11.7 Å². The van der Waals surface area contributed by atoms with Gasteiger partial charge in [-0.15, -0.1) is 0 Å². The van der Waals surface area contributed by atoms with Crippen molar-refractivity contribution >= 4 is 35.3 Å². The van der Waals surface area contributed by atoms with E-state index in [2.05, 4.69) is 10.6 Å². The van der Waals surface area contributed by atoms with Crippen molar-refractivity contribution < 1.29 is 28.8 Å². The van der Waals surface area contributed by atoms with Gasteiger partial charge >= 0.3 is 5.97 Å². The molecule has 0 spiro atoms. The Bertz CT molecular complexity index is 982. The number of likely N-dealkylation sites (tertiary alicyclic amines) is 1. The molecule has 3 atom stereocenters. The molecule has 2 rings (SSSR count). The van der Waals surface area contributed by atoms with Gasteiger partial charge in [-0.3, -0.25) is 24.0 Å². The van der Waals surface area contributed by atoms with Crippen LogP contribution in [-0.4, -0.2) is 70.8 Å². The van der Waals surface area contributed by atoms with Crippen LogP contribution in [-0.2, 0) is 35.4 Å². The van der Waals surface area contributed by atoms with E-state index in [4.69, 9.17) is 16.3 Å². The van der Waals surface area contributed by atoms with E-state index in [1.165, 1.54) is 18.7 Å². The van der Waals surface area contributed by atoms with E-state index in [1.54, 1.807) is 24.3 Å². The van der Waals surface area contributed by atoms with Crippen LogP contribution in [0.15, 0.2) is 24.3 Å². The molecule has 12 heteroatoms. The number of anilines is 1. The van der Waals surface area contributed by atoms with Gasteiger partial charge in [-0.2, -0.15) is 5.06 Å². The quantitative estimate of drug-likeness (QED) is 0.248. The first-order valence-corrected chi connectivity index (χ1v) is 12.4. The average Bonchev–Trinajstić information content (AvgIpc) is 3.33. The van der Waals surface area contributed by atoms with Crippen molar-refractivity contribution in [3.8, 4) is 0 Å². The Morgan fingerprint density at radius 1 is 1.11 bits per heavy atom. The van der Waals surface area contributed by atoms with Crippen LogP contribution in [0.1, 0.15) is 52.5 Å². The fourth-order valence-electron chi connectivity index (χ4n) is 4.12. The fraction of sp³-hybridized carbons (Fsp3) is 0.560. The standard InChI is InChI=1S/C25H38N6O6/c1-15(2)12-20(29-24(35)21-6-5-11-30(21)22(33)13-26)23(34)28-16(3)25(36)31(37-17(4)32)14-18-7-9-19(27)10-8-18/h7-10,15-16,20-21H,5-6,11-14,26-27H2,1-4H3,(H,28,34)(H,29,35)/t16-,20-,21+/m1/s1. The monoisotopic (exact) mass is 518 g/mol. The van der Waals surface area contributed by atoms with E-state index >= 15 is 0 Å². The zero-order chi connectivity index (χ0) is 27.7. The van der Waals surface area contributed by atoms with E-state index in [0.717, 1.165) is 5.06 Å². The number of hydroxylamine groups is 2. The summed E-state index contributed by atoms with van der Waals surface area (Å²) in [6, 6.07) is 4.01. The number of nitrogens with two attached hydrogens (primary N) is 2. The summed E-state index contributed by atoms with van der Waals surface area (Å²) < 4.78 is 0. The van der Waals surface area contributed by atoms with Crippen molar-refractivity contribution in [1.82, 2.24) is 20.6 Å². The van der Waals surface area contributed by atoms with Crippen LogP contribution in [0, 0.1) is 5.92 Å². The molecule has 0 radical (unpaired) electrons. The molecule has 4 amide bonds. The molecular weight excluding hydrogens is 480 g/mol. The smallest absolute Gasteiger partial charge is 0.329 e. The number of nitrogen functional groups attached to an aromatic ring is 1. The number of hydrogen-bond donors (Lipinski definition) is 4. The summed E-state index contributed by atoms with van der Waals surface area (Å²) in [6.07, 6.45) is 1.45. The second-order valence-corrected chi connectivity index (χ2v) is 9.57. The molecule has 0 bridgehead atoms. The third kappa shape index (κ3) is 8.74. The minimum atomic E-state index is -1.06. The van der Waals surface area contributed by atoms with Crippen LogP contribution in [0.25, 0.3) is 0 Å². The summed E-state index contributed by atoms with van der Waals surface area (Å²) in [5, 5.41) is 6.24. The molecular formula is C25H38N6O6. The average molecular weight is 519 g/mol. The van der Waals surface area contributed by atoms with Crippen LogP contribution < -0.4 is 22.1 Å².